The molecule has 0 aromatic heterocycles. The van der Waals surface area contributed by atoms with Crippen molar-refractivity contribution in [3.63, 3.8) is 0 Å². The number of hydrogen-bond acceptors (Lipinski definition) is 0. The summed E-state index contributed by atoms with van der Waals surface area (Å²) >= 11 is 0. The summed E-state index contributed by atoms with van der Waals surface area (Å²) in [6, 6.07) is 10.5. The fourth-order valence-electron chi connectivity index (χ4n) is 2.31. The molecule has 1 unspecified atom stereocenters. The Kier molecular flexibility index (Phi) is 3.98. The molecule has 0 bridgehead atoms. The largest absolute Gasteiger partial charge is 0.0674 e. The van der Waals surface area contributed by atoms with Gasteiger partial charge in [0.05, 0.1) is 0 Å². The first-order valence-corrected chi connectivity index (χ1v) is 6.28. The molecule has 0 heteroatoms. The van der Waals surface area contributed by atoms with Crippen LogP contribution in [0.25, 0.3) is 6.08 Å². The Balaban J connectivity index is 2.00. The van der Waals surface area contributed by atoms with Gasteiger partial charge in [0, 0.05) is 0 Å². The molecule has 16 heavy (non-hydrogen) atoms. The van der Waals surface area contributed by atoms with E-state index < -0.39 is 0 Å². The average molecular weight is 212 g/mol. The maximum atomic E-state index is 2.35. The molecule has 0 nitrogen and oxygen atoms in total. The average Bonchev–Trinajstić information content (AvgIpc) is 2.33. The van der Waals surface area contributed by atoms with Crippen molar-refractivity contribution in [3.05, 3.63) is 53.6 Å². The van der Waals surface area contributed by atoms with Crippen LogP contribution in [0, 0.1) is 5.92 Å². The van der Waals surface area contributed by atoms with E-state index in [0.29, 0.717) is 0 Å². The van der Waals surface area contributed by atoms with Crippen LogP contribution in [0.2, 0.25) is 0 Å². The lowest BCUT2D eigenvalue weighted by Gasteiger charge is -2.20. The van der Waals surface area contributed by atoms with Gasteiger partial charge in [-0.2, -0.15) is 0 Å². The first kappa shape index (κ1) is 11.2. The van der Waals surface area contributed by atoms with Crippen molar-refractivity contribution in [1.82, 2.24) is 0 Å². The quantitative estimate of drug-likeness (QED) is 0.658. The van der Waals surface area contributed by atoms with Crippen LogP contribution < -0.4 is 0 Å². The third kappa shape index (κ3) is 3.10. The Morgan fingerprint density at radius 3 is 2.69 bits per heavy atom. The lowest BCUT2D eigenvalue weighted by molar-refractivity contribution is 0.484. The maximum absolute atomic E-state index is 2.35. The van der Waals surface area contributed by atoms with Crippen molar-refractivity contribution in [1.29, 1.82) is 0 Å². The van der Waals surface area contributed by atoms with Crippen LogP contribution >= 0.6 is 0 Å². The van der Waals surface area contributed by atoms with E-state index in [9.17, 15) is 0 Å². The van der Waals surface area contributed by atoms with E-state index in [4.69, 9.17) is 0 Å². The summed E-state index contributed by atoms with van der Waals surface area (Å²) in [4.78, 5) is 0. The van der Waals surface area contributed by atoms with Crippen LogP contribution in [0.3, 0.4) is 0 Å². The van der Waals surface area contributed by atoms with Gasteiger partial charge in [0.2, 0.25) is 0 Å². The van der Waals surface area contributed by atoms with E-state index in [2.05, 4.69) is 55.5 Å². The molecule has 0 saturated heterocycles. The first-order chi connectivity index (χ1) is 7.86. The van der Waals surface area contributed by atoms with Crippen LogP contribution in [-0.4, -0.2) is 0 Å². The SMILES string of the molecule is CC1CCCC/C1=C\C=C\c1ccccc1. The second kappa shape index (κ2) is 5.69. The summed E-state index contributed by atoms with van der Waals surface area (Å²) in [6.45, 7) is 2.35. The van der Waals surface area contributed by atoms with Crippen molar-refractivity contribution in [2.45, 2.75) is 32.6 Å². The zero-order valence-corrected chi connectivity index (χ0v) is 10.0. The van der Waals surface area contributed by atoms with Crippen molar-refractivity contribution in [2.24, 2.45) is 5.92 Å². The molecule has 0 radical (unpaired) electrons. The minimum atomic E-state index is 0.786. The molecule has 0 heterocycles. The van der Waals surface area contributed by atoms with Crippen molar-refractivity contribution in [3.8, 4) is 0 Å². The van der Waals surface area contributed by atoms with Crippen LogP contribution in [-0.2, 0) is 0 Å². The lowest BCUT2D eigenvalue weighted by Crippen LogP contribution is -2.05. The fraction of sp³-hybridized carbons (Fsp3) is 0.375. The molecule has 1 saturated carbocycles. The standard InChI is InChI=1S/C16H20/c1-14-8-5-6-12-16(14)13-7-11-15-9-3-2-4-10-15/h2-4,7,9-11,13-14H,5-6,8,12H2,1H3/b11-7+,16-13+. The van der Waals surface area contributed by atoms with E-state index in [1.54, 1.807) is 5.57 Å². The molecule has 1 aliphatic rings. The fourth-order valence-corrected chi connectivity index (χ4v) is 2.31. The molecule has 1 atom stereocenters. The van der Waals surface area contributed by atoms with Gasteiger partial charge in [0.15, 0.2) is 0 Å². The Labute approximate surface area is 98.7 Å². The van der Waals surface area contributed by atoms with Gasteiger partial charge in [0.25, 0.3) is 0 Å². The molecule has 1 fully saturated rings. The van der Waals surface area contributed by atoms with E-state index in [0.717, 1.165) is 5.92 Å². The predicted octanol–water partition coefficient (Wildman–Crippen LogP) is 4.84. The van der Waals surface area contributed by atoms with E-state index in [-0.39, 0.29) is 0 Å². The Morgan fingerprint density at radius 1 is 1.12 bits per heavy atom. The molecule has 0 aliphatic heterocycles. The van der Waals surface area contributed by atoms with Gasteiger partial charge < -0.3 is 0 Å². The molecule has 2 rings (SSSR count). The van der Waals surface area contributed by atoms with Gasteiger partial charge in [-0.15, -0.1) is 0 Å². The van der Waals surface area contributed by atoms with Crippen LogP contribution in [0.5, 0.6) is 0 Å². The highest BCUT2D eigenvalue weighted by atomic mass is 14.2. The zero-order chi connectivity index (χ0) is 11.2. The van der Waals surface area contributed by atoms with Gasteiger partial charge in [-0.25, -0.2) is 0 Å². The van der Waals surface area contributed by atoms with Crippen LogP contribution in [0.1, 0.15) is 38.2 Å². The molecule has 1 aliphatic carbocycles. The highest BCUT2D eigenvalue weighted by molar-refractivity contribution is 5.51. The monoisotopic (exact) mass is 212 g/mol. The molecule has 0 amide bonds. The van der Waals surface area contributed by atoms with Crippen LogP contribution in [0.15, 0.2) is 48.1 Å². The van der Waals surface area contributed by atoms with Crippen LogP contribution in [0.4, 0.5) is 0 Å². The van der Waals surface area contributed by atoms with Gasteiger partial charge in [0.1, 0.15) is 0 Å². The Hall–Kier alpha value is -1.30. The van der Waals surface area contributed by atoms with Crippen molar-refractivity contribution in [2.75, 3.05) is 0 Å². The molecule has 84 valence electrons. The van der Waals surface area contributed by atoms with E-state index >= 15 is 0 Å². The summed E-state index contributed by atoms with van der Waals surface area (Å²) in [6.07, 6.45) is 12.1. The summed E-state index contributed by atoms with van der Waals surface area (Å²) in [7, 11) is 0. The predicted molar refractivity (Wildman–Crippen MR) is 71.2 cm³/mol. The third-order valence-electron chi connectivity index (χ3n) is 3.38. The molecule has 0 N–H and O–H groups in total. The summed E-state index contributed by atoms with van der Waals surface area (Å²) in [5.74, 6) is 0.786. The molecule has 1 aromatic carbocycles. The minimum Gasteiger partial charge on any atom is -0.0674 e. The van der Waals surface area contributed by atoms with Gasteiger partial charge in [-0.1, -0.05) is 67.5 Å². The normalized spacial score (nSPS) is 24.1. The summed E-state index contributed by atoms with van der Waals surface area (Å²) in [5.41, 5.74) is 2.90. The maximum Gasteiger partial charge on any atom is -0.0229 e. The van der Waals surface area contributed by atoms with Gasteiger partial charge in [-0.3, -0.25) is 0 Å². The summed E-state index contributed by atoms with van der Waals surface area (Å²) in [5, 5.41) is 0. The Bertz CT molecular complexity index is 370. The highest BCUT2D eigenvalue weighted by Gasteiger charge is 2.12. The smallest absolute Gasteiger partial charge is 0.0229 e. The second-order valence-electron chi connectivity index (χ2n) is 4.66. The second-order valence-corrected chi connectivity index (χ2v) is 4.66. The van der Waals surface area contributed by atoms with E-state index in [1.165, 1.54) is 31.2 Å². The molecule has 1 aromatic rings. The number of rotatable bonds is 2. The van der Waals surface area contributed by atoms with Crippen molar-refractivity contribution >= 4 is 6.08 Å². The number of benzene rings is 1. The van der Waals surface area contributed by atoms with E-state index in [1.807, 2.05) is 0 Å². The molecular formula is C16H20. The minimum absolute atomic E-state index is 0.786. The molecular weight excluding hydrogens is 192 g/mol. The van der Waals surface area contributed by atoms with Gasteiger partial charge >= 0.3 is 0 Å². The first-order valence-electron chi connectivity index (χ1n) is 6.28. The third-order valence-corrected chi connectivity index (χ3v) is 3.38. The summed E-state index contributed by atoms with van der Waals surface area (Å²) < 4.78 is 0. The number of allylic oxidation sites excluding steroid dienone is 3. The van der Waals surface area contributed by atoms with Crippen molar-refractivity contribution < 1.29 is 0 Å². The zero-order valence-electron chi connectivity index (χ0n) is 10.0. The number of hydrogen-bond donors (Lipinski definition) is 0. The highest BCUT2D eigenvalue weighted by Crippen LogP contribution is 2.28. The lowest BCUT2D eigenvalue weighted by atomic mass is 9.85. The van der Waals surface area contributed by atoms with Gasteiger partial charge in [-0.05, 0) is 30.7 Å². The molecule has 0 spiro atoms. The topological polar surface area (TPSA) is 0 Å². The Morgan fingerprint density at radius 2 is 1.94 bits per heavy atom.